The molecule has 5 nitrogen and oxygen atoms in total. The van der Waals surface area contributed by atoms with E-state index in [0.717, 1.165) is 0 Å². The van der Waals surface area contributed by atoms with Crippen molar-refractivity contribution in [2.24, 2.45) is 0 Å². The van der Waals surface area contributed by atoms with Gasteiger partial charge in [0, 0.05) is 23.1 Å². The molecule has 0 aliphatic rings. The Morgan fingerprint density at radius 1 is 1.04 bits per heavy atom. The number of carbonyl (C=O) groups excluding carboxylic acids is 3. The number of amides is 1. The lowest BCUT2D eigenvalue weighted by Gasteiger charge is -2.17. The minimum Gasteiger partial charge on any atom is -0.448 e. The Morgan fingerprint density at radius 3 is 2.25 bits per heavy atom. The van der Waals surface area contributed by atoms with Crippen LogP contribution in [0.1, 0.15) is 28.9 Å². The second-order valence-electron chi connectivity index (χ2n) is 5.06. The first kappa shape index (κ1) is 17.7. The summed E-state index contributed by atoms with van der Waals surface area (Å²) >= 11 is 5.86. The minimum atomic E-state index is -1.11. The molecule has 0 heterocycles. The van der Waals surface area contributed by atoms with Crippen LogP contribution < -0.4 is 5.32 Å². The molecule has 2 aromatic carbocycles. The van der Waals surface area contributed by atoms with Crippen LogP contribution in [0, 0.1) is 0 Å². The van der Waals surface area contributed by atoms with Gasteiger partial charge in [-0.2, -0.15) is 0 Å². The Hall–Kier alpha value is -2.66. The minimum absolute atomic E-state index is 0.304. The molecule has 2 rings (SSSR count). The van der Waals surface area contributed by atoms with Crippen LogP contribution in [0.5, 0.6) is 0 Å². The number of ether oxygens (including phenoxy) is 1. The first-order chi connectivity index (χ1) is 11.5. The number of ketones is 1. The highest BCUT2D eigenvalue weighted by molar-refractivity contribution is 6.30. The van der Waals surface area contributed by atoms with Gasteiger partial charge >= 0.3 is 5.97 Å². The lowest BCUT2D eigenvalue weighted by Crippen LogP contribution is -2.31. The molecule has 0 spiro atoms. The summed E-state index contributed by atoms with van der Waals surface area (Å²) in [6, 6.07) is 15.0. The van der Waals surface area contributed by atoms with Crippen molar-refractivity contribution in [3.8, 4) is 0 Å². The standard InChI is InChI=1S/C18H16ClNO4/c1-12(21)20-11-16(22)24-18(14-7-9-15(19)10-8-14)17(23)13-5-3-2-4-6-13/h2-10,18H,11H2,1H3,(H,20,21)/t18-/m1/s1. The van der Waals surface area contributed by atoms with Crippen molar-refractivity contribution in [3.05, 3.63) is 70.7 Å². The molecule has 0 radical (unpaired) electrons. The quantitative estimate of drug-likeness (QED) is 0.645. The molecule has 6 heteroatoms. The number of carbonyl (C=O) groups is 3. The van der Waals surface area contributed by atoms with E-state index in [-0.39, 0.29) is 18.2 Å². The topological polar surface area (TPSA) is 72.5 Å². The largest absolute Gasteiger partial charge is 0.448 e. The van der Waals surface area contributed by atoms with Crippen LogP contribution in [-0.2, 0) is 14.3 Å². The zero-order valence-corrected chi connectivity index (χ0v) is 13.7. The lowest BCUT2D eigenvalue weighted by molar-refractivity contribution is -0.147. The number of rotatable bonds is 6. The molecule has 0 aliphatic heterocycles. The Bertz CT molecular complexity index is 728. The van der Waals surface area contributed by atoms with Crippen molar-refractivity contribution in [2.75, 3.05) is 6.54 Å². The van der Waals surface area contributed by atoms with E-state index in [1.807, 2.05) is 0 Å². The summed E-state index contributed by atoms with van der Waals surface area (Å²) in [6.45, 7) is 0.987. The van der Waals surface area contributed by atoms with Crippen LogP contribution in [-0.4, -0.2) is 24.2 Å². The average molecular weight is 346 g/mol. The zero-order valence-electron chi connectivity index (χ0n) is 13.0. The molecule has 0 fully saturated rings. The summed E-state index contributed by atoms with van der Waals surface area (Å²) in [5.41, 5.74) is 0.925. The van der Waals surface area contributed by atoms with Crippen molar-refractivity contribution >= 4 is 29.3 Å². The second-order valence-corrected chi connectivity index (χ2v) is 5.50. The van der Waals surface area contributed by atoms with Crippen LogP contribution in [0.2, 0.25) is 5.02 Å². The fraction of sp³-hybridized carbons (Fsp3) is 0.167. The van der Waals surface area contributed by atoms with Crippen molar-refractivity contribution in [1.29, 1.82) is 0 Å². The summed E-state index contributed by atoms with van der Waals surface area (Å²) in [5, 5.41) is 2.85. The predicted octanol–water partition coefficient (Wildman–Crippen LogP) is 2.94. The van der Waals surface area contributed by atoms with Gasteiger partial charge in [-0.15, -0.1) is 0 Å². The van der Waals surface area contributed by atoms with Crippen molar-refractivity contribution < 1.29 is 19.1 Å². The third-order valence-electron chi connectivity index (χ3n) is 3.20. The van der Waals surface area contributed by atoms with Gasteiger partial charge in [0.2, 0.25) is 11.7 Å². The SMILES string of the molecule is CC(=O)NCC(=O)O[C@@H](C(=O)c1ccccc1)c1ccc(Cl)cc1. The highest BCUT2D eigenvalue weighted by atomic mass is 35.5. The number of Topliss-reactive ketones (excluding diaryl/α,β-unsaturated/α-hetero) is 1. The number of hydrogen-bond donors (Lipinski definition) is 1. The van der Waals surface area contributed by atoms with Crippen LogP contribution >= 0.6 is 11.6 Å². The third kappa shape index (κ3) is 4.93. The first-order valence-electron chi connectivity index (χ1n) is 7.26. The van der Waals surface area contributed by atoms with Crippen LogP contribution in [0.3, 0.4) is 0 Å². The molecule has 0 saturated heterocycles. The Kier molecular flexibility index (Phi) is 6.09. The molecule has 0 saturated carbocycles. The number of benzene rings is 2. The van der Waals surface area contributed by atoms with Crippen molar-refractivity contribution in [1.82, 2.24) is 5.32 Å². The molecular weight excluding hydrogens is 330 g/mol. The maximum atomic E-state index is 12.7. The van der Waals surface area contributed by atoms with E-state index in [4.69, 9.17) is 16.3 Å². The van der Waals surface area contributed by atoms with Gasteiger partial charge in [0.05, 0.1) is 0 Å². The van der Waals surface area contributed by atoms with Gasteiger partial charge in [-0.05, 0) is 12.1 Å². The van der Waals surface area contributed by atoms with E-state index < -0.39 is 12.1 Å². The smallest absolute Gasteiger partial charge is 0.326 e. The Labute approximate surface area is 144 Å². The molecule has 0 aromatic heterocycles. The molecule has 2 aromatic rings. The predicted molar refractivity (Wildman–Crippen MR) is 89.7 cm³/mol. The van der Waals surface area contributed by atoms with E-state index in [0.29, 0.717) is 16.1 Å². The van der Waals surface area contributed by atoms with Gasteiger partial charge in [-0.1, -0.05) is 54.1 Å². The fourth-order valence-electron chi connectivity index (χ4n) is 2.03. The number of halogens is 1. The van der Waals surface area contributed by atoms with E-state index in [9.17, 15) is 14.4 Å². The molecule has 0 unspecified atom stereocenters. The normalized spacial score (nSPS) is 11.4. The molecule has 124 valence electrons. The summed E-state index contributed by atoms with van der Waals surface area (Å²) < 4.78 is 5.30. The van der Waals surface area contributed by atoms with E-state index in [1.54, 1.807) is 54.6 Å². The van der Waals surface area contributed by atoms with Gasteiger partial charge in [0.25, 0.3) is 0 Å². The van der Waals surface area contributed by atoms with Crippen LogP contribution in [0.15, 0.2) is 54.6 Å². The zero-order chi connectivity index (χ0) is 17.5. The molecule has 0 bridgehead atoms. The van der Waals surface area contributed by atoms with E-state index in [1.165, 1.54) is 6.92 Å². The van der Waals surface area contributed by atoms with Crippen molar-refractivity contribution in [2.45, 2.75) is 13.0 Å². The molecule has 1 atom stereocenters. The Morgan fingerprint density at radius 2 is 1.67 bits per heavy atom. The average Bonchev–Trinajstić information content (AvgIpc) is 2.59. The summed E-state index contributed by atoms with van der Waals surface area (Å²) in [6.07, 6.45) is -1.11. The summed E-state index contributed by atoms with van der Waals surface area (Å²) in [7, 11) is 0. The van der Waals surface area contributed by atoms with Gasteiger partial charge < -0.3 is 10.1 Å². The number of nitrogens with one attached hydrogen (secondary N) is 1. The van der Waals surface area contributed by atoms with Crippen LogP contribution in [0.25, 0.3) is 0 Å². The maximum Gasteiger partial charge on any atom is 0.326 e. The van der Waals surface area contributed by atoms with Gasteiger partial charge in [-0.25, -0.2) is 0 Å². The van der Waals surface area contributed by atoms with Gasteiger partial charge in [0.15, 0.2) is 6.10 Å². The van der Waals surface area contributed by atoms with E-state index in [2.05, 4.69) is 5.32 Å². The summed E-state index contributed by atoms with van der Waals surface area (Å²) in [4.78, 5) is 35.5. The highest BCUT2D eigenvalue weighted by Gasteiger charge is 2.26. The number of hydrogen-bond acceptors (Lipinski definition) is 4. The van der Waals surface area contributed by atoms with Crippen molar-refractivity contribution in [3.63, 3.8) is 0 Å². The number of esters is 1. The Balaban J connectivity index is 2.24. The van der Waals surface area contributed by atoms with Gasteiger partial charge in [0.1, 0.15) is 6.54 Å². The fourth-order valence-corrected chi connectivity index (χ4v) is 2.16. The monoisotopic (exact) mass is 345 g/mol. The molecule has 1 amide bonds. The second kappa shape index (κ2) is 8.26. The molecule has 1 N–H and O–H groups in total. The third-order valence-corrected chi connectivity index (χ3v) is 3.45. The lowest BCUT2D eigenvalue weighted by atomic mass is 10.00. The van der Waals surface area contributed by atoms with Crippen LogP contribution in [0.4, 0.5) is 0 Å². The molecule has 0 aliphatic carbocycles. The molecular formula is C18H16ClNO4. The maximum absolute atomic E-state index is 12.7. The van der Waals surface area contributed by atoms with E-state index >= 15 is 0 Å². The highest BCUT2D eigenvalue weighted by Crippen LogP contribution is 2.24. The molecule has 24 heavy (non-hydrogen) atoms. The first-order valence-corrected chi connectivity index (χ1v) is 7.64. The van der Waals surface area contributed by atoms with Gasteiger partial charge in [-0.3, -0.25) is 14.4 Å². The summed E-state index contributed by atoms with van der Waals surface area (Å²) in [5.74, 6) is -1.41.